The zero-order valence-corrected chi connectivity index (χ0v) is 17.1. The normalized spacial score (nSPS) is 11.3. The molecule has 0 aliphatic heterocycles. The Morgan fingerprint density at radius 3 is 1.73 bits per heavy atom. The summed E-state index contributed by atoms with van der Waals surface area (Å²) >= 11 is 1.84. The second-order valence-electron chi connectivity index (χ2n) is 7.45. The highest BCUT2D eigenvalue weighted by Gasteiger charge is 2.12. The van der Waals surface area contributed by atoms with E-state index in [1.54, 1.807) is 0 Å². The van der Waals surface area contributed by atoms with E-state index >= 15 is 0 Å². The molecule has 0 aliphatic carbocycles. The van der Waals surface area contributed by atoms with Crippen molar-refractivity contribution < 1.29 is 0 Å². The summed E-state index contributed by atoms with van der Waals surface area (Å²) in [4.78, 5) is 2.59. The van der Waals surface area contributed by atoms with Crippen LogP contribution >= 0.6 is 11.3 Å². The van der Waals surface area contributed by atoms with Gasteiger partial charge in [-0.1, -0.05) is 78.9 Å². The highest BCUT2D eigenvalue weighted by Crippen LogP contribution is 2.37. The second-order valence-corrected chi connectivity index (χ2v) is 8.53. The Bertz CT molecular complexity index is 1430. The van der Waals surface area contributed by atoms with Gasteiger partial charge in [0.1, 0.15) is 0 Å². The molecular weight excluding hydrogens is 382 g/mol. The summed E-state index contributed by atoms with van der Waals surface area (Å²) in [5.74, 6) is 0. The maximum Gasteiger partial charge on any atom is 0.0541 e. The summed E-state index contributed by atoms with van der Waals surface area (Å²) in [7, 11) is 0. The first kappa shape index (κ1) is 17.3. The fourth-order valence-electron chi connectivity index (χ4n) is 4.25. The first-order valence-electron chi connectivity index (χ1n) is 10.1. The van der Waals surface area contributed by atoms with Crippen LogP contribution in [-0.4, -0.2) is 4.57 Å². The molecule has 0 unspecified atom stereocenters. The fraction of sp³-hybridized carbons (Fsp3) is 0. The number of hydrogen-bond acceptors (Lipinski definition) is 1. The van der Waals surface area contributed by atoms with Crippen LogP contribution in [0.4, 0.5) is 0 Å². The number of fused-ring (bicyclic) bond motifs is 3. The minimum Gasteiger partial charge on any atom is -0.309 e. The monoisotopic (exact) mass is 401 g/mol. The Kier molecular flexibility index (Phi) is 4.03. The number of hydrogen-bond donors (Lipinski definition) is 0. The number of nitrogens with zero attached hydrogens (tertiary/aromatic N) is 1. The van der Waals surface area contributed by atoms with Crippen molar-refractivity contribution in [3.05, 3.63) is 115 Å². The van der Waals surface area contributed by atoms with Crippen LogP contribution in [0.5, 0.6) is 0 Å². The molecule has 0 radical (unpaired) electrons. The highest BCUT2D eigenvalue weighted by atomic mass is 32.1. The van der Waals surface area contributed by atoms with Gasteiger partial charge in [-0.25, -0.2) is 0 Å². The third kappa shape index (κ3) is 2.77. The second kappa shape index (κ2) is 7.01. The van der Waals surface area contributed by atoms with E-state index in [1.807, 2.05) is 11.3 Å². The lowest BCUT2D eigenvalue weighted by Crippen LogP contribution is -1.93. The van der Waals surface area contributed by atoms with E-state index in [4.69, 9.17) is 0 Å². The van der Waals surface area contributed by atoms with Crippen molar-refractivity contribution >= 4 is 33.1 Å². The van der Waals surface area contributed by atoms with Crippen molar-refractivity contribution in [2.45, 2.75) is 0 Å². The van der Waals surface area contributed by atoms with Crippen molar-refractivity contribution in [3.8, 4) is 26.6 Å². The van der Waals surface area contributed by atoms with Gasteiger partial charge in [0.15, 0.2) is 0 Å². The Balaban J connectivity index is 1.51. The minimum atomic E-state index is 1.19. The lowest BCUT2D eigenvalue weighted by Gasteiger charge is -2.09. The van der Waals surface area contributed by atoms with E-state index in [-0.39, 0.29) is 0 Å². The molecular formula is C28H19NS. The molecule has 0 saturated heterocycles. The minimum absolute atomic E-state index is 1.19. The number of aromatic nitrogens is 1. The molecule has 0 saturated carbocycles. The molecule has 0 atom stereocenters. The molecule has 6 rings (SSSR count). The van der Waals surface area contributed by atoms with Crippen LogP contribution in [0, 0.1) is 0 Å². The molecule has 0 fully saturated rings. The van der Waals surface area contributed by atoms with Gasteiger partial charge in [0, 0.05) is 26.2 Å². The average molecular weight is 402 g/mol. The molecule has 30 heavy (non-hydrogen) atoms. The van der Waals surface area contributed by atoms with Crippen LogP contribution in [0.1, 0.15) is 0 Å². The average Bonchev–Trinajstić information content (AvgIpc) is 3.43. The Hall–Kier alpha value is -3.62. The third-order valence-electron chi connectivity index (χ3n) is 5.63. The first-order valence-corrected chi connectivity index (χ1v) is 10.9. The summed E-state index contributed by atoms with van der Waals surface area (Å²) in [5.41, 5.74) is 6.20. The molecule has 0 aliphatic rings. The van der Waals surface area contributed by atoms with E-state index in [1.165, 1.54) is 48.4 Å². The number of benzene rings is 4. The largest absolute Gasteiger partial charge is 0.309 e. The van der Waals surface area contributed by atoms with E-state index in [0.29, 0.717) is 0 Å². The first-order chi connectivity index (χ1) is 14.9. The smallest absolute Gasteiger partial charge is 0.0541 e. The van der Waals surface area contributed by atoms with E-state index in [0.717, 1.165) is 0 Å². The molecule has 142 valence electrons. The summed E-state index contributed by atoms with van der Waals surface area (Å²) < 4.78 is 2.37. The fourth-order valence-corrected chi connectivity index (χ4v) is 5.26. The van der Waals surface area contributed by atoms with Crippen molar-refractivity contribution in [3.63, 3.8) is 0 Å². The Morgan fingerprint density at radius 2 is 1.03 bits per heavy atom. The Labute approximate surface area is 179 Å². The molecule has 4 aromatic carbocycles. The SMILES string of the molecule is c1ccc(-c2ccc(-c3cccc(-n4c5ccccc5c5ccccc54)c3)s2)cc1. The summed E-state index contributed by atoms with van der Waals surface area (Å²) in [6.45, 7) is 0. The summed E-state index contributed by atoms with van der Waals surface area (Å²) in [6.07, 6.45) is 0. The van der Waals surface area contributed by atoms with Gasteiger partial charge in [0.2, 0.25) is 0 Å². The quantitative estimate of drug-likeness (QED) is 0.282. The third-order valence-corrected chi connectivity index (χ3v) is 6.82. The molecule has 2 heterocycles. The maximum atomic E-state index is 2.37. The highest BCUT2D eigenvalue weighted by molar-refractivity contribution is 7.18. The molecule has 2 heteroatoms. The summed E-state index contributed by atoms with van der Waals surface area (Å²) in [6, 6.07) is 41.2. The molecule has 0 N–H and O–H groups in total. The predicted molar refractivity (Wildman–Crippen MR) is 130 cm³/mol. The number of para-hydroxylation sites is 2. The Morgan fingerprint density at radius 1 is 0.467 bits per heavy atom. The van der Waals surface area contributed by atoms with Crippen LogP contribution < -0.4 is 0 Å². The lowest BCUT2D eigenvalue weighted by molar-refractivity contribution is 1.18. The lowest BCUT2D eigenvalue weighted by atomic mass is 10.1. The van der Waals surface area contributed by atoms with Crippen LogP contribution in [0.3, 0.4) is 0 Å². The van der Waals surface area contributed by atoms with Crippen LogP contribution in [-0.2, 0) is 0 Å². The molecule has 0 spiro atoms. The van der Waals surface area contributed by atoms with Gasteiger partial charge in [0.05, 0.1) is 11.0 Å². The zero-order chi connectivity index (χ0) is 19.9. The van der Waals surface area contributed by atoms with Gasteiger partial charge >= 0.3 is 0 Å². The van der Waals surface area contributed by atoms with Gasteiger partial charge in [-0.3, -0.25) is 0 Å². The van der Waals surface area contributed by atoms with Gasteiger partial charge in [0.25, 0.3) is 0 Å². The van der Waals surface area contributed by atoms with Crippen LogP contribution in [0.25, 0.3) is 48.4 Å². The van der Waals surface area contributed by atoms with Crippen molar-refractivity contribution in [2.24, 2.45) is 0 Å². The van der Waals surface area contributed by atoms with Crippen molar-refractivity contribution in [2.75, 3.05) is 0 Å². The predicted octanol–water partition coefficient (Wildman–Crippen LogP) is 8.18. The molecule has 1 nitrogen and oxygen atoms in total. The van der Waals surface area contributed by atoms with Gasteiger partial charge in [-0.15, -0.1) is 11.3 Å². The number of thiophene rings is 1. The standard InChI is InChI=1S/C28H19NS/c1-2-9-20(10-3-1)27-17-18-28(30-27)21-11-8-12-22(19-21)29-25-15-6-4-13-23(25)24-14-5-7-16-26(24)29/h1-19H. The molecule has 0 bridgehead atoms. The van der Waals surface area contributed by atoms with E-state index in [9.17, 15) is 0 Å². The molecule has 0 amide bonds. The topological polar surface area (TPSA) is 4.93 Å². The van der Waals surface area contributed by atoms with E-state index in [2.05, 4.69) is 120 Å². The maximum absolute atomic E-state index is 2.37. The zero-order valence-electron chi connectivity index (χ0n) is 16.3. The van der Waals surface area contributed by atoms with Gasteiger partial charge < -0.3 is 4.57 Å². The summed E-state index contributed by atoms with van der Waals surface area (Å²) in [5, 5.41) is 2.59. The van der Waals surface area contributed by atoms with Gasteiger partial charge in [-0.2, -0.15) is 0 Å². The molecule has 2 aromatic heterocycles. The van der Waals surface area contributed by atoms with E-state index < -0.39 is 0 Å². The number of rotatable bonds is 3. The van der Waals surface area contributed by atoms with Crippen LogP contribution in [0.15, 0.2) is 115 Å². The van der Waals surface area contributed by atoms with Crippen molar-refractivity contribution in [1.82, 2.24) is 4.57 Å². The molecule has 6 aromatic rings. The van der Waals surface area contributed by atoms with Crippen LogP contribution in [0.2, 0.25) is 0 Å². The van der Waals surface area contributed by atoms with Crippen molar-refractivity contribution in [1.29, 1.82) is 0 Å². The van der Waals surface area contributed by atoms with Gasteiger partial charge in [-0.05, 0) is 47.5 Å².